The number of nitrogens with one attached hydrogen (secondary N) is 1. The van der Waals surface area contributed by atoms with E-state index in [-0.39, 0.29) is 5.91 Å². The topological polar surface area (TPSA) is 72.9 Å². The van der Waals surface area contributed by atoms with Gasteiger partial charge in [0.05, 0.1) is 12.7 Å². The number of nitrogens with two attached hydrogens (primary N) is 1. The van der Waals surface area contributed by atoms with Crippen LogP contribution in [-0.4, -0.2) is 15.7 Å². The van der Waals surface area contributed by atoms with Crippen LogP contribution in [0.1, 0.15) is 15.9 Å². The average molecular weight is 292 g/mol. The number of carbonyl (C=O) groups is 1. The van der Waals surface area contributed by atoms with Crippen LogP contribution in [0.25, 0.3) is 0 Å². The summed E-state index contributed by atoms with van der Waals surface area (Å²) >= 11 is 0. The lowest BCUT2D eigenvalue weighted by molar-refractivity contribution is 0.102. The molecule has 0 radical (unpaired) electrons. The second kappa shape index (κ2) is 6.13. The van der Waals surface area contributed by atoms with E-state index >= 15 is 0 Å². The lowest BCUT2D eigenvalue weighted by Gasteiger charge is -2.09. The van der Waals surface area contributed by atoms with Crippen LogP contribution >= 0.6 is 0 Å². The first-order chi connectivity index (χ1) is 10.7. The minimum absolute atomic E-state index is 0.206. The molecule has 1 amide bonds. The van der Waals surface area contributed by atoms with Gasteiger partial charge < -0.3 is 11.1 Å². The molecule has 2 aromatic carbocycles. The Morgan fingerprint density at radius 1 is 1.09 bits per heavy atom. The Hall–Kier alpha value is -3.08. The molecule has 3 N–H and O–H groups in total. The Morgan fingerprint density at radius 2 is 1.91 bits per heavy atom. The highest BCUT2D eigenvalue weighted by molar-refractivity contribution is 6.04. The van der Waals surface area contributed by atoms with Crippen molar-refractivity contribution in [3.63, 3.8) is 0 Å². The second-order valence-corrected chi connectivity index (χ2v) is 4.94. The van der Waals surface area contributed by atoms with Crippen molar-refractivity contribution in [3.8, 4) is 0 Å². The molecule has 0 aliphatic carbocycles. The first-order valence-corrected chi connectivity index (χ1v) is 6.95. The van der Waals surface area contributed by atoms with Crippen molar-refractivity contribution in [2.45, 2.75) is 6.54 Å². The van der Waals surface area contributed by atoms with Gasteiger partial charge >= 0.3 is 0 Å². The van der Waals surface area contributed by atoms with Gasteiger partial charge in [-0.3, -0.25) is 4.79 Å². The molecule has 0 saturated heterocycles. The summed E-state index contributed by atoms with van der Waals surface area (Å²) in [6.07, 6.45) is 1.66. The van der Waals surface area contributed by atoms with E-state index in [1.807, 2.05) is 30.3 Å². The Morgan fingerprint density at radius 3 is 2.68 bits per heavy atom. The number of aromatic nitrogens is 2. The monoisotopic (exact) mass is 292 g/mol. The molecule has 0 fully saturated rings. The van der Waals surface area contributed by atoms with Crippen LogP contribution < -0.4 is 11.1 Å². The number of rotatable bonds is 4. The molecule has 0 aliphatic rings. The van der Waals surface area contributed by atoms with Gasteiger partial charge in [0.1, 0.15) is 5.82 Å². The number of amides is 1. The Kier molecular flexibility index (Phi) is 3.87. The third-order valence-electron chi connectivity index (χ3n) is 3.28. The molecule has 5 nitrogen and oxygen atoms in total. The van der Waals surface area contributed by atoms with Crippen LogP contribution in [-0.2, 0) is 6.54 Å². The molecule has 0 spiro atoms. The molecule has 1 aromatic heterocycles. The van der Waals surface area contributed by atoms with Gasteiger partial charge in [-0.05, 0) is 23.8 Å². The predicted octanol–water partition coefficient (Wildman–Crippen LogP) is 2.77. The molecule has 1 heterocycles. The summed E-state index contributed by atoms with van der Waals surface area (Å²) in [7, 11) is 0. The largest absolute Gasteiger partial charge is 0.399 e. The lowest BCUT2D eigenvalue weighted by Crippen LogP contribution is -2.16. The quantitative estimate of drug-likeness (QED) is 0.726. The van der Waals surface area contributed by atoms with E-state index in [1.54, 1.807) is 41.2 Å². The molecule has 0 aliphatic heterocycles. The van der Waals surface area contributed by atoms with Crippen LogP contribution in [0.2, 0.25) is 0 Å². The number of carbonyl (C=O) groups excluding carboxylic acids is 1. The Bertz CT molecular complexity index is 780. The summed E-state index contributed by atoms with van der Waals surface area (Å²) in [5.74, 6) is 0.443. The number of nitrogen functional groups attached to an aromatic ring is 1. The standard InChI is InChI=1S/C17H16N4O/c18-15-8-4-7-14(11-15)17(22)20-16-9-10-19-21(16)12-13-5-2-1-3-6-13/h1-11H,12,18H2,(H,20,22). The van der Waals surface area contributed by atoms with E-state index in [4.69, 9.17) is 5.73 Å². The molecule has 0 bridgehead atoms. The number of anilines is 2. The molecule has 0 saturated carbocycles. The lowest BCUT2D eigenvalue weighted by atomic mass is 10.2. The number of hydrogen-bond acceptors (Lipinski definition) is 3. The highest BCUT2D eigenvalue weighted by Crippen LogP contribution is 2.13. The maximum absolute atomic E-state index is 12.3. The number of hydrogen-bond donors (Lipinski definition) is 2. The van der Waals surface area contributed by atoms with Crippen LogP contribution in [0.3, 0.4) is 0 Å². The maximum atomic E-state index is 12.3. The normalized spacial score (nSPS) is 10.4. The highest BCUT2D eigenvalue weighted by atomic mass is 16.1. The molecule has 0 atom stereocenters. The van der Waals surface area contributed by atoms with Crippen LogP contribution in [0.4, 0.5) is 11.5 Å². The summed E-state index contributed by atoms with van der Waals surface area (Å²) < 4.78 is 1.75. The zero-order valence-electron chi connectivity index (χ0n) is 11.9. The maximum Gasteiger partial charge on any atom is 0.256 e. The van der Waals surface area contributed by atoms with E-state index in [2.05, 4.69) is 10.4 Å². The fourth-order valence-electron chi connectivity index (χ4n) is 2.19. The van der Waals surface area contributed by atoms with Crippen molar-refractivity contribution in [1.82, 2.24) is 9.78 Å². The summed E-state index contributed by atoms with van der Waals surface area (Å²) in [6, 6.07) is 18.6. The van der Waals surface area contributed by atoms with Crippen molar-refractivity contribution < 1.29 is 4.79 Å². The first kappa shape index (κ1) is 13.9. The molecule has 5 heteroatoms. The summed E-state index contributed by atoms with van der Waals surface area (Å²) in [5, 5.41) is 7.11. The highest BCUT2D eigenvalue weighted by Gasteiger charge is 2.10. The third-order valence-corrected chi connectivity index (χ3v) is 3.28. The fourth-order valence-corrected chi connectivity index (χ4v) is 2.19. The third kappa shape index (κ3) is 3.15. The van der Waals surface area contributed by atoms with E-state index < -0.39 is 0 Å². The van der Waals surface area contributed by atoms with Crippen LogP contribution in [0.5, 0.6) is 0 Å². The van der Waals surface area contributed by atoms with E-state index in [0.717, 1.165) is 5.56 Å². The van der Waals surface area contributed by atoms with Crippen LogP contribution in [0, 0.1) is 0 Å². The van der Waals surface area contributed by atoms with Crippen molar-refractivity contribution in [2.24, 2.45) is 0 Å². The molecule has 3 aromatic rings. The van der Waals surface area contributed by atoms with Gasteiger partial charge in [-0.15, -0.1) is 0 Å². The minimum Gasteiger partial charge on any atom is -0.399 e. The van der Waals surface area contributed by atoms with Gasteiger partial charge in [0.15, 0.2) is 0 Å². The molecule has 0 unspecified atom stereocenters. The summed E-state index contributed by atoms with van der Waals surface area (Å²) in [4.78, 5) is 12.3. The predicted molar refractivity (Wildman–Crippen MR) is 86.6 cm³/mol. The summed E-state index contributed by atoms with van der Waals surface area (Å²) in [6.45, 7) is 0.598. The number of benzene rings is 2. The van der Waals surface area contributed by atoms with Crippen molar-refractivity contribution in [1.29, 1.82) is 0 Å². The first-order valence-electron chi connectivity index (χ1n) is 6.95. The molecular weight excluding hydrogens is 276 g/mol. The fraction of sp³-hybridized carbons (Fsp3) is 0.0588. The molecule has 110 valence electrons. The van der Waals surface area contributed by atoms with Gasteiger partial charge in [0, 0.05) is 17.3 Å². The smallest absolute Gasteiger partial charge is 0.256 e. The number of nitrogens with zero attached hydrogens (tertiary/aromatic N) is 2. The zero-order chi connectivity index (χ0) is 15.4. The van der Waals surface area contributed by atoms with E-state index in [1.165, 1.54) is 0 Å². The van der Waals surface area contributed by atoms with Crippen molar-refractivity contribution >= 4 is 17.4 Å². The van der Waals surface area contributed by atoms with Gasteiger partial charge in [-0.2, -0.15) is 5.10 Å². The molecule has 22 heavy (non-hydrogen) atoms. The minimum atomic E-state index is -0.206. The van der Waals surface area contributed by atoms with Gasteiger partial charge in [-0.1, -0.05) is 36.4 Å². The van der Waals surface area contributed by atoms with E-state index in [9.17, 15) is 4.79 Å². The van der Waals surface area contributed by atoms with Gasteiger partial charge in [-0.25, -0.2) is 4.68 Å². The van der Waals surface area contributed by atoms with Crippen molar-refractivity contribution in [2.75, 3.05) is 11.1 Å². The Labute approximate surface area is 128 Å². The zero-order valence-corrected chi connectivity index (χ0v) is 11.9. The summed E-state index contributed by atoms with van der Waals surface area (Å²) in [5.41, 5.74) is 7.90. The van der Waals surface area contributed by atoms with Gasteiger partial charge in [0.25, 0.3) is 5.91 Å². The van der Waals surface area contributed by atoms with Crippen molar-refractivity contribution in [3.05, 3.63) is 78.0 Å². The second-order valence-electron chi connectivity index (χ2n) is 4.94. The van der Waals surface area contributed by atoms with E-state index in [0.29, 0.717) is 23.6 Å². The van der Waals surface area contributed by atoms with Crippen LogP contribution in [0.15, 0.2) is 66.9 Å². The SMILES string of the molecule is Nc1cccc(C(=O)Nc2ccnn2Cc2ccccc2)c1. The molecule has 3 rings (SSSR count). The Balaban J connectivity index is 1.76. The van der Waals surface area contributed by atoms with Gasteiger partial charge in [0.2, 0.25) is 0 Å². The molecular formula is C17H16N4O. The average Bonchev–Trinajstić information content (AvgIpc) is 2.95.